The van der Waals surface area contributed by atoms with Gasteiger partial charge in [-0.2, -0.15) is 0 Å². The largest absolute Gasteiger partial charge is 0.496 e. The Labute approximate surface area is 132 Å². The zero-order chi connectivity index (χ0) is 15.6. The predicted molar refractivity (Wildman–Crippen MR) is 86.6 cm³/mol. The Balaban J connectivity index is 2.34. The molecular formula is C15H14Cl2N2O2. The maximum absolute atomic E-state index is 12.4. The summed E-state index contributed by atoms with van der Waals surface area (Å²) in [6.07, 6.45) is 0. The maximum atomic E-state index is 12.4. The number of methoxy groups -OCH3 is 1. The Morgan fingerprint density at radius 1 is 1.24 bits per heavy atom. The van der Waals surface area contributed by atoms with Crippen LogP contribution in [-0.4, -0.2) is 13.0 Å². The molecule has 0 saturated heterocycles. The second-order valence-electron chi connectivity index (χ2n) is 4.49. The average Bonchev–Trinajstić information content (AvgIpc) is 2.44. The summed E-state index contributed by atoms with van der Waals surface area (Å²) in [5, 5.41) is 3.61. The number of rotatable bonds is 3. The fourth-order valence-electron chi connectivity index (χ4n) is 1.89. The monoisotopic (exact) mass is 324 g/mol. The minimum atomic E-state index is -0.335. The zero-order valence-electron chi connectivity index (χ0n) is 11.5. The molecule has 2 aromatic carbocycles. The normalized spacial score (nSPS) is 10.3. The molecule has 2 rings (SSSR count). The Bertz CT molecular complexity index is 702. The van der Waals surface area contributed by atoms with Gasteiger partial charge in [0.2, 0.25) is 0 Å². The molecule has 0 atom stereocenters. The number of aryl methyl sites for hydroxylation is 1. The minimum absolute atomic E-state index is 0.335. The van der Waals surface area contributed by atoms with Crippen molar-refractivity contribution in [3.63, 3.8) is 0 Å². The van der Waals surface area contributed by atoms with Crippen LogP contribution in [0.15, 0.2) is 30.3 Å². The number of nitrogen functional groups attached to an aromatic ring is 1. The first-order chi connectivity index (χ1) is 9.92. The van der Waals surface area contributed by atoms with Gasteiger partial charge in [0.15, 0.2) is 0 Å². The molecule has 0 aliphatic rings. The molecule has 0 radical (unpaired) electrons. The third kappa shape index (κ3) is 3.40. The number of nitrogens with two attached hydrogens (primary N) is 1. The van der Waals surface area contributed by atoms with Gasteiger partial charge in [-0.25, -0.2) is 0 Å². The van der Waals surface area contributed by atoms with Crippen LogP contribution in [-0.2, 0) is 0 Å². The lowest BCUT2D eigenvalue weighted by molar-refractivity contribution is 0.102. The van der Waals surface area contributed by atoms with E-state index in [0.29, 0.717) is 32.7 Å². The van der Waals surface area contributed by atoms with Crippen molar-refractivity contribution >= 4 is 40.5 Å². The second kappa shape index (κ2) is 6.24. The van der Waals surface area contributed by atoms with E-state index >= 15 is 0 Å². The van der Waals surface area contributed by atoms with Crippen LogP contribution in [0.4, 0.5) is 11.4 Å². The Morgan fingerprint density at radius 3 is 2.62 bits per heavy atom. The van der Waals surface area contributed by atoms with Crippen LogP contribution >= 0.6 is 23.2 Å². The summed E-state index contributed by atoms with van der Waals surface area (Å²) in [6.45, 7) is 1.83. The summed E-state index contributed by atoms with van der Waals surface area (Å²) in [7, 11) is 1.49. The Hall–Kier alpha value is -1.91. The smallest absolute Gasteiger partial charge is 0.259 e. The van der Waals surface area contributed by atoms with Crippen LogP contribution in [0.2, 0.25) is 10.0 Å². The Morgan fingerprint density at radius 2 is 1.95 bits per heavy atom. The molecule has 21 heavy (non-hydrogen) atoms. The van der Waals surface area contributed by atoms with E-state index in [2.05, 4.69) is 5.32 Å². The molecular weight excluding hydrogens is 311 g/mol. The van der Waals surface area contributed by atoms with E-state index < -0.39 is 0 Å². The summed E-state index contributed by atoms with van der Waals surface area (Å²) in [4.78, 5) is 12.4. The molecule has 0 aromatic heterocycles. The standard InChI is InChI=1S/C15H14Cl2N2O2/c1-8-5-12(18)11(17)7-13(8)19-15(20)10-6-9(16)3-4-14(10)21-2/h3-7H,18H2,1-2H3,(H,19,20). The molecule has 6 heteroatoms. The number of carbonyl (C=O) groups is 1. The highest BCUT2D eigenvalue weighted by Gasteiger charge is 2.14. The molecule has 1 amide bonds. The molecule has 4 nitrogen and oxygen atoms in total. The lowest BCUT2D eigenvalue weighted by atomic mass is 10.1. The van der Waals surface area contributed by atoms with Crippen molar-refractivity contribution < 1.29 is 9.53 Å². The number of ether oxygens (including phenoxy) is 1. The van der Waals surface area contributed by atoms with Crippen molar-refractivity contribution in [1.82, 2.24) is 0 Å². The third-order valence-electron chi connectivity index (χ3n) is 3.00. The second-order valence-corrected chi connectivity index (χ2v) is 5.33. The van der Waals surface area contributed by atoms with Crippen LogP contribution in [0.1, 0.15) is 15.9 Å². The number of hydrogen-bond donors (Lipinski definition) is 2. The molecule has 110 valence electrons. The van der Waals surface area contributed by atoms with E-state index in [1.807, 2.05) is 6.92 Å². The molecule has 2 aromatic rings. The average molecular weight is 325 g/mol. The minimum Gasteiger partial charge on any atom is -0.496 e. The molecule has 0 aliphatic carbocycles. The summed E-state index contributed by atoms with van der Waals surface area (Å²) < 4.78 is 5.17. The number of carbonyl (C=O) groups excluding carboxylic acids is 1. The van der Waals surface area contributed by atoms with Crippen LogP contribution in [0.3, 0.4) is 0 Å². The zero-order valence-corrected chi connectivity index (χ0v) is 13.0. The number of anilines is 2. The van der Waals surface area contributed by atoms with Crippen molar-refractivity contribution in [2.24, 2.45) is 0 Å². The topological polar surface area (TPSA) is 64.3 Å². The molecule has 0 fully saturated rings. The fourth-order valence-corrected chi connectivity index (χ4v) is 2.22. The fraction of sp³-hybridized carbons (Fsp3) is 0.133. The number of amides is 1. The summed E-state index contributed by atoms with van der Waals surface area (Å²) in [5.74, 6) is 0.106. The van der Waals surface area contributed by atoms with E-state index in [9.17, 15) is 4.79 Å². The molecule has 0 heterocycles. The first kappa shape index (κ1) is 15.5. The number of hydrogen-bond acceptors (Lipinski definition) is 3. The summed E-state index contributed by atoms with van der Waals surface area (Å²) >= 11 is 11.9. The van der Waals surface area contributed by atoms with E-state index in [-0.39, 0.29) is 5.91 Å². The first-order valence-electron chi connectivity index (χ1n) is 6.13. The van der Waals surface area contributed by atoms with E-state index in [1.54, 1.807) is 30.3 Å². The maximum Gasteiger partial charge on any atom is 0.259 e. The van der Waals surface area contributed by atoms with Crippen molar-refractivity contribution in [2.75, 3.05) is 18.2 Å². The highest BCUT2D eigenvalue weighted by Crippen LogP contribution is 2.28. The van der Waals surface area contributed by atoms with Gasteiger partial charge in [0.25, 0.3) is 5.91 Å². The van der Waals surface area contributed by atoms with Gasteiger partial charge in [-0.1, -0.05) is 23.2 Å². The van der Waals surface area contributed by atoms with Crippen molar-refractivity contribution in [3.8, 4) is 5.75 Å². The Kier molecular flexibility index (Phi) is 4.60. The molecule has 0 aliphatic heterocycles. The predicted octanol–water partition coefficient (Wildman–Crippen LogP) is 4.14. The lowest BCUT2D eigenvalue weighted by Crippen LogP contribution is -2.14. The van der Waals surface area contributed by atoms with Crippen molar-refractivity contribution in [2.45, 2.75) is 6.92 Å². The molecule has 0 bridgehead atoms. The van der Waals surface area contributed by atoms with Crippen LogP contribution in [0, 0.1) is 6.92 Å². The van der Waals surface area contributed by atoms with Gasteiger partial charge in [-0.05, 0) is 42.8 Å². The van der Waals surface area contributed by atoms with Gasteiger partial charge in [-0.3, -0.25) is 4.79 Å². The quantitative estimate of drug-likeness (QED) is 0.834. The summed E-state index contributed by atoms with van der Waals surface area (Å²) in [5.41, 5.74) is 7.92. The highest BCUT2D eigenvalue weighted by atomic mass is 35.5. The van der Waals surface area contributed by atoms with Crippen LogP contribution in [0.25, 0.3) is 0 Å². The van der Waals surface area contributed by atoms with Gasteiger partial charge in [0.05, 0.1) is 23.4 Å². The van der Waals surface area contributed by atoms with Crippen LogP contribution < -0.4 is 15.8 Å². The SMILES string of the molecule is COc1ccc(Cl)cc1C(=O)Nc1cc(Cl)c(N)cc1C. The van der Waals surface area contributed by atoms with E-state index in [4.69, 9.17) is 33.7 Å². The van der Waals surface area contributed by atoms with Crippen molar-refractivity contribution in [1.29, 1.82) is 0 Å². The highest BCUT2D eigenvalue weighted by molar-refractivity contribution is 6.33. The van der Waals surface area contributed by atoms with E-state index in [1.165, 1.54) is 7.11 Å². The first-order valence-corrected chi connectivity index (χ1v) is 6.88. The number of benzene rings is 2. The van der Waals surface area contributed by atoms with Gasteiger partial charge in [-0.15, -0.1) is 0 Å². The van der Waals surface area contributed by atoms with E-state index in [0.717, 1.165) is 5.56 Å². The molecule has 3 N–H and O–H groups in total. The lowest BCUT2D eigenvalue weighted by Gasteiger charge is -2.12. The third-order valence-corrected chi connectivity index (χ3v) is 3.56. The summed E-state index contributed by atoms with van der Waals surface area (Å²) in [6, 6.07) is 8.15. The molecule has 0 saturated carbocycles. The van der Waals surface area contributed by atoms with Gasteiger partial charge < -0.3 is 15.8 Å². The molecule has 0 spiro atoms. The van der Waals surface area contributed by atoms with Crippen molar-refractivity contribution in [3.05, 3.63) is 51.5 Å². The number of nitrogens with one attached hydrogen (secondary N) is 1. The van der Waals surface area contributed by atoms with Gasteiger partial charge >= 0.3 is 0 Å². The van der Waals surface area contributed by atoms with Gasteiger partial charge in [0, 0.05) is 10.7 Å². The number of halogens is 2. The van der Waals surface area contributed by atoms with Crippen LogP contribution in [0.5, 0.6) is 5.75 Å². The van der Waals surface area contributed by atoms with Gasteiger partial charge in [0.1, 0.15) is 5.75 Å². The molecule has 0 unspecified atom stereocenters.